The third-order valence-corrected chi connectivity index (χ3v) is 4.20. The lowest BCUT2D eigenvalue weighted by molar-refractivity contribution is 0.397. The molecule has 2 heterocycles. The number of nitrogens with zero attached hydrogens (tertiary/aromatic N) is 1. The second-order valence-electron chi connectivity index (χ2n) is 5.90. The van der Waals surface area contributed by atoms with Crippen LogP contribution in [0.15, 0.2) is 54.9 Å². The van der Waals surface area contributed by atoms with E-state index in [0.717, 1.165) is 6.42 Å². The van der Waals surface area contributed by atoms with Crippen molar-refractivity contribution in [3.63, 3.8) is 0 Å². The van der Waals surface area contributed by atoms with Gasteiger partial charge in [-0.15, -0.1) is 0 Å². The third-order valence-electron chi connectivity index (χ3n) is 4.20. The number of pyridine rings is 1. The highest BCUT2D eigenvalue weighted by Crippen LogP contribution is 2.43. The van der Waals surface area contributed by atoms with Crippen LogP contribution in [-0.2, 0) is 0 Å². The Kier molecular flexibility index (Phi) is 3.11. The molecule has 0 saturated carbocycles. The second-order valence-corrected chi connectivity index (χ2v) is 5.90. The van der Waals surface area contributed by atoms with Crippen molar-refractivity contribution in [2.24, 2.45) is 0 Å². The number of aromatic nitrogens is 1. The van der Waals surface area contributed by atoms with Gasteiger partial charge in [0.05, 0.1) is 0 Å². The molecule has 1 N–H and O–H groups in total. The predicted octanol–water partition coefficient (Wildman–Crippen LogP) is 3.68. The van der Waals surface area contributed by atoms with Crippen LogP contribution in [0.25, 0.3) is 0 Å². The lowest BCUT2D eigenvalue weighted by Gasteiger charge is -2.27. The maximum atomic E-state index is 4.12. The summed E-state index contributed by atoms with van der Waals surface area (Å²) in [6.07, 6.45) is 4.92. The van der Waals surface area contributed by atoms with Crippen LogP contribution in [0.3, 0.4) is 0 Å². The van der Waals surface area contributed by atoms with Crippen LogP contribution in [0.4, 0.5) is 0 Å². The summed E-state index contributed by atoms with van der Waals surface area (Å²) in [4.78, 5) is 4.12. The summed E-state index contributed by atoms with van der Waals surface area (Å²) >= 11 is 0. The molecule has 1 aliphatic rings. The Morgan fingerprint density at radius 1 is 1.00 bits per heavy atom. The molecule has 2 heteroatoms. The quantitative estimate of drug-likeness (QED) is 0.882. The largest absolute Gasteiger partial charge is 0.304 e. The van der Waals surface area contributed by atoms with Gasteiger partial charge in [-0.25, -0.2) is 0 Å². The molecule has 0 spiro atoms. The van der Waals surface area contributed by atoms with Crippen LogP contribution in [0, 0.1) is 0 Å². The van der Waals surface area contributed by atoms with Gasteiger partial charge in [-0.2, -0.15) is 0 Å². The van der Waals surface area contributed by atoms with Crippen molar-refractivity contribution < 1.29 is 0 Å². The summed E-state index contributed by atoms with van der Waals surface area (Å²) < 4.78 is 0. The van der Waals surface area contributed by atoms with Gasteiger partial charge >= 0.3 is 0 Å². The van der Waals surface area contributed by atoms with Crippen LogP contribution in [-0.4, -0.2) is 10.5 Å². The van der Waals surface area contributed by atoms with Gasteiger partial charge in [0.1, 0.15) is 0 Å². The van der Waals surface area contributed by atoms with E-state index in [9.17, 15) is 0 Å². The van der Waals surface area contributed by atoms with E-state index in [1.807, 2.05) is 12.4 Å². The molecule has 2 atom stereocenters. The molecule has 0 aliphatic carbocycles. The molecule has 1 aromatic carbocycles. The Hall–Kier alpha value is -1.67. The Morgan fingerprint density at radius 3 is 2.37 bits per heavy atom. The SMILES string of the molecule is CC1(C)N[C@H](c2ccccc2)C[C@@H]1c1ccncc1. The Morgan fingerprint density at radius 2 is 1.68 bits per heavy atom. The first-order chi connectivity index (χ1) is 9.17. The van der Waals surface area contributed by atoms with E-state index in [2.05, 4.69) is 66.6 Å². The Labute approximate surface area is 114 Å². The molecular weight excluding hydrogens is 232 g/mol. The molecule has 2 nitrogen and oxygen atoms in total. The minimum atomic E-state index is 0.113. The van der Waals surface area contributed by atoms with Crippen molar-refractivity contribution in [1.82, 2.24) is 10.3 Å². The van der Waals surface area contributed by atoms with Crippen molar-refractivity contribution in [2.75, 3.05) is 0 Å². The average molecular weight is 252 g/mol. The van der Waals surface area contributed by atoms with Crippen molar-refractivity contribution in [2.45, 2.75) is 37.8 Å². The lowest BCUT2D eigenvalue weighted by atomic mass is 9.83. The Balaban J connectivity index is 1.88. The zero-order valence-electron chi connectivity index (χ0n) is 11.5. The van der Waals surface area contributed by atoms with Crippen LogP contribution in [0.1, 0.15) is 43.4 Å². The molecule has 19 heavy (non-hydrogen) atoms. The number of benzene rings is 1. The first-order valence-electron chi connectivity index (χ1n) is 6.89. The lowest BCUT2D eigenvalue weighted by Crippen LogP contribution is -2.37. The van der Waals surface area contributed by atoms with Crippen LogP contribution >= 0.6 is 0 Å². The summed E-state index contributed by atoms with van der Waals surface area (Å²) in [7, 11) is 0. The highest BCUT2D eigenvalue weighted by Gasteiger charge is 2.40. The fourth-order valence-corrected chi connectivity index (χ4v) is 3.19. The van der Waals surface area contributed by atoms with Crippen molar-refractivity contribution in [1.29, 1.82) is 0 Å². The molecule has 1 aromatic heterocycles. The first-order valence-corrected chi connectivity index (χ1v) is 6.89. The molecule has 98 valence electrons. The van der Waals surface area contributed by atoms with Gasteiger partial charge in [0, 0.05) is 29.9 Å². The average Bonchev–Trinajstić information content (AvgIpc) is 2.77. The van der Waals surface area contributed by atoms with Crippen molar-refractivity contribution >= 4 is 0 Å². The van der Waals surface area contributed by atoms with Gasteiger partial charge in [-0.05, 0) is 43.5 Å². The third kappa shape index (κ3) is 2.41. The number of rotatable bonds is 2. The minimum Gasteiger partial charge on any atom is -0.304 e. The Bertz CT molecular complexity index is 534. The molecule has 3 rings (SSSR count). The number of hydrogen-bond acceptors (Lipinski definition) is 2. The summed E-state index contributed by atoms with van der Waals surface area (Å²) in [5.41, 5.74) is 2.88. The maximum absolute atomic E-state index is 4.12. The maximum Gasteiger partial charge on any atom is 0.0331 e. The van der Waals surface area contributed by atoms with Gasteiger partial charge in [0.15, 0.2) is 0 Å². The topological polar surface area (TPSA) is 24.9 Å². The van der Waals surface area contributed by atoms with E-state index in [4.69, 9.17) is 0 Å². The van der Waals surface area contributed by atoms with Gasteiger partial charge in [-0.1, -0.05) is 30.3 Å². The van der Waals surface area contributed by atoms with Crippen LogP contribution < -0.4 is 5.32 Å². The molecule has 0 unspecified atom stereocenters. The van der Waals surface area contributed by atoms with Gasteiger partial charge in [0.2, 0.25) is 0 Å². The van der Waals surface area contributed by atoms with Gasteiger partial charge in [0.25, 0.3) is 0 Å². The fourth-order valence-electron chi connectivity index (χ4n) is 3.19. The molecule has 0 bridgehead atoms. The van der Waals surface area contributed by atoms with E-state index in [1.165, 1.54) is 11.1 Å². The second kappa shape index (κ2) is 4.78. The summed E-state index contributed by atoms with van der Waals surface area (Å²) in [6, 6.07) is 15.4. The highest BCUT2D eigenvalue weighted by atomic mass is 15.0. The zero-order valence-corrected chi connectivity index (χ0v) is 11.5. The smallest absolute Gasteiger partial charge is 0.0331 e. The fraction of sp³-hybridized carbons (Fsp3) is 0.353. The highest BCUT2D eigenvalue weighted by molar-refractivity contribution is 5.28. The van der Waals surface area contributed by atoms with Crippen LogP contribution in [0.5, 0.6) is 0 Å². The predicted molar refractivity (Wildman–Crippen MR) is 78.0 cm³/mol. The summed E-state index contributed by atoms with van der Waals surface area (Å²) in [5, 5.41) is 3.77. The van der Waals surface area contributed by atoms with Crippen molar-refractivity contribution in [3.8, 4) is 0 Å². The zero-order chi connectivity index (χ0) is 13.3. The van der Waals surface area contributed by atoms with Gasteiger partial charge in [-0.3, -0.25) is 4.98 Å². The molecular formula is C17H20N2. The molecule has 1 fully saturated rings. The standard InChI is InChI=1S/C17H20N2/c1-17(2)15(13-8-10-18-11-9-13)12-16(19-17)14-6-4-3-5-7-14/h3-11,15-16,19H,12H2,1-2H3/t15-,16+/m1/s1. The summed E-state index contributed by atoms with van der Waals surface area (Å²) in [6.45, 7) is 4.59. The van der Waals surface area contributed by atoms with Crippen molar-refractivity contribution in [3.05, 3.63) is 66.0 Å². The van der Waals surface area contributed by atoms with E-state index in [-0.39, 0.29) is 5.54 Å². The summed E-state index contributed by atoms with van der Waals surface area (Å²) in [5.74, 6) is 0.528. The number of hydrogen-bond donors (Lipinski definition) is 1. The van der Waals surface area contributed by atoms with E-state index in [0.29, 0.717) is 12.0 Å². The molecule has 0 radical (unpaired) electrons. The van der Waals surface area contributed by atoms with Crippen LogP contribution in [0.2, 0.25) is 0 Å². The minimum absolute atomic E-state index is 0.113. The normalized spacial score (nSPS) is 25.4. The monoisotopic (exact) mass is 252 g/mol. The molecule has 0 amide bonds. The van der Waals surface area contributed by atoms with E-state index in [1.54, 1.807) is 0 Å². The van der Waals surface area contributed by atoms with Gasteiger partial charge < -0.3 is 5.32 Å². The molecule has 2 aromatic rings. The molecule has 1 aliphatic heterocycles. The van der Waals surface area contributed by atoms with E-state index >= 15 is 0 Å². The first kappa shape index (κ1) is 12.4. The molecule has 1 saturated heterocycles. The van der Waals surface area contributed by atoms with E-state index < -0.39 is 0 Å². The number of nitrogens with one attached hydrogen (secondary N) is 1.